The van der Waals surface area contributed by atoms with Crippen LogP contribution in [0.5, 0.6) is 0 Å². The molecule has 0 aromatic heterocycles. The molecule has 8 saturated carbocycles. The first-order valence-electron chi connectivity index (χ1n) is 54.1. The summed E-state index contributed by atoms with van der Waals surface area (Å²) in [5.74, 6) is 12.0. The van der Waals surface area contributed by atoms with Crippen molar-refractivity contribution in [3.8, 4) is 0 Å². The van der Waals surface area contributed by atoms with Crippen LogP contribution in [0.25, 0.3) is 35.5 Å². The van der Waals surface area contributed by atoms with Gasteiger partial charge in [0.25, 0.3) is 0 Å². The zero-order valence-electron chi connectivity index (χ0n) is 84.6. The number of rotatable bonds is 24. The molecule has 0 aliphatic heterocycles. The average Bonchev–Trinajstić information content (AvgIpc) is 1.62. The second-order valence-electron chi connectivity index (χ2n) is 43.2. The van der Waals surface area contributed by atoms with E-state index in [0.29, 0.717) is 0 Å². The van der Waals surface area contributed by atoms with Crippen molar-refractivity contribution in [1.82, 2.24) is 0 Å². The standard InChI is InChI=1S/C32H40.C32H24.C26H44.C26H28.C8H14Br2.2C3H6Cl2/c2*1-3-11-23(12-4-1)31(24-13-5-2-6-14-24)32(29-19-25-15-7-8-16-26(25)20-29)30-21-27-17-9-10-18-28(27)22-30;2*1-3-9-19(10-4-2)26(24-15-20-11-5-6-12-21(20)16-24)25-17-22-13-7-8-14-23(22)18-25;1-3-5-7(6-4-2)8(9)10;2*1-3(2,4)5/h1-6,11-14,25-30H,7-10,15-22H2;1-19,21H,20,22H2;20-25H,3-18H2,1-2H3;5-8,11-15,17H,3-4,9-10,16,18H2,1-2H3;3-6H2,1-2H3;2*1-2H3. The van der Waals surface area contributed by atoms with Crippen molar-refractivity contribution in [1.29, 1.82) is 0 Å². The number of fused-ring (bicyclic) bond motifs is 8. The fourth-order valence-electron chi connectivity index (χ4n) is 26.8. The molecule has 6 heteroatoms. The summed E-state index contributed by atoms with van der Waals surface area (Å²) in [4.78, 5) is 0. The first-order valence-corrected chi connectivity index (χ1v) is 57.2. The highest BCUT2D eigenvalue weighted by Gasteiger charge is 2.47. The van der Waals surface area contributed by atoms with Crippen LogP contribution in [0.4, 0.5) is 0 Å². The number of halogens is 6. The van der Waals surface area contributed by atoms with Crippen LogP contribution in [0.2, 0.25) is 0 Å². The minimum atomic E-state index is -0.556. The van der Waals surface area contributed by atoms with Gasteiger partial charge in [-0.05, 0) is 363 Å². The van der Waals surface area contributed by atoms with E-state index in [9.17, 15) is 0 Å². The lowest BCUT2D eigenvalue weighted by Gasteiger charge is -2.27. The predicted molar refractivity (Wildman–Crippen MR) is 603 cm³/mol. The van der Waals surface area contributed by atoms with Crippen LogP contribution in [-0.2, 0) is 25.7 Å². The molecule has 0 radical (unpaired) electrons. The van der Waals surface area contributed by atoms with Crippen molar-refractivity contribution in [3.05, 3.63) is 350 Å². The van der Waals surface area contributed by atoms with E-state index < -0.39 is 8.67 Å². The van der Waals surface area contributed by atoms with Gasteiger partial charge in [-0.3, -0.25) is 0 Å². The van der Waals surface area contributed by atoms with Crippen LogP contribution in [0, 0.1) is 71.0 Å². The Morgan fingerprint density at radius 1 is 0.250 bits per heavy atom. The second kappa shape index (κ2) is 52.5. The topological polar surface area (TPSA) is 0 Å². The molecule has 0 N–H and O–H groups in total. The molecule has 0 amide bonds. The first kappa shape index (κ1) is 105. The molecule has 0 nitrogen and oxygen atoms in total. The van der Waals surface area contributed by atoms with E-state index in [2.05, 4.69) is 322 Å². The lowest BCUT2D eigenvalue weighted by atomic mass is 9.77. The number of hydrogen-bond donors (Lipinski definition) is 0. The van der Waals surface area contributed by atoms with Gasteiger partial charge in [-0.2, -0.15) is 0 Å². The number of allylic oxidation sites excluding steroid dienone is 11. The van der Waals surface area contributed by atoms with Crippen molar-refractivity contribution in [3.63, 3.8) is 0 Å². The molecule has 0 bridgehead atoms. The summed E-state index contributed by atoms with van der Waals surface area (Å²) < 4.78 is 0.0451. The maximum absolute atomic E-state index is 5.30. The molecular weight excluding hydrogens is 1860 g/mol. The van der Waals surface area contributed by atoms with Gasteiger partial charge in [-0.25, -0.2) is 0 Å². The second-order valence-corrected chi connectivity index (χ2v) is 50.0. The molecule has 20 rings (SSSR count). The van der Waals surface area contributed by atoms with Gasteiger partial charge in [-0.1, -0.05) is 448 Å². The fraction of sp³-hybridized carbons (Fsp3) is 0.492. The Kier molecular flexibility index (Phi) is 40.7. The third-order valence-corrected chi connectivity index (χ3v) is 33.3. The van der Waals surface area contributed by atoms with Gasteiger partial charge in [0, 0.05) is 0 Å². The Hall–Kier alpha value is -6.46. The molecule has 0 spiro atoms. The van der Waals surface area contributed by atoms with Crippen LogP contribution >= 0.6 is 78.3 Å². The van der Waals surface area contributed by atoms with Crippen molar-refractivity contribution in [2.45, 2.75) is 335 Å². The highest BCUT2D eigenvalue weighted by atomic mass is 79.9. The predicted octanol–water partition coefficient (Wildman–Crippen LogP) is 41.2. The molecule has 8 atom stereocenters. The summed E-state index contributed by atoms with van der Waals surface area (Å²) in [6.45, 7) is 20.7. The monoisotopic (exact) mass is 2020 g/mol. The molecule has 8 unspecified atom stereocenters. The lowest BCUT2D eigenvalue weighted by Crippen LogP contribution is -2.13. The van der Waals surface area contributed by atoms with E-state index >= 15 is 0 Å². The number of benzene rings is 8. The van der Waals surface area contributed by atoms with Gasteiger partial charge < -0.3 is 0 Å². The molecule has 0 heterocycles. The lowest BCUT2D eigenvalue weighted by molar-refractivity contribution is 0.277. The zero-order chi connectivity index (χ0) is 95.5. The van der Waals surface area contributed by atoms with Crippen molar-refractivity contribution < 1.29 is 0 Å². The van der Waals surface area contributed by atoms with Gasteiger partial charge in [-0.15, -0.1) is 46.4 Å². The van der Waals surface area contributed by atoms with Gasteiger partial charge in [0.15, 0.2) is 0 Å². The van der Waals surface area contributed by atoms with Crippen LogP contribution < -0.4 is 0 Å². The zero-order valence-corrected chi connectivity index (χ0v) is 90.8. The Balaban J connectivity index is 0.000000136. The van der Waals surface area contributed by atoms with Crippen LogP contribution in [0.3, 0.4) is 0 Å². The Labute approximate surface area is 861 Å². The van der Waals surface area contributed by atoms with E-state index in [0.717, 1.165) is 100 Å². The van der Waals surface area contributed by atoms with E-state index in [1.807, 2.05) is 11.1 Å². The molecule has 8 aromatic rings. The molecule has 12 aliphatic rings. The smallest absolute Gasteiger partial charge is 0.102 e. The Bertz CT molecular complexity index is 5050. The number of hydrogen-bond acceptors (Lipinski definition) is 0. The minimum Gasteiger partial charge on any atom is -0.102 e. The molecular formula is C130H162Br2Cl4. The summed E-state index contributed by atoms with van der Waals surface area (Å²) in [6, 6.07) is 80.0. The molecule has 136 heavy (non-hydrogen) atoms. The molecule has 0 saturated heterocycles. The van der Waals surface area contributed by atoms with E-state index in [1.165, 1.54) is 286 Å². The van der Waals surface area contributed by atoms with Crippen molar-refractivity contribution in [2.24, 2.45) is 71.0 Å². The highest BCUT2D eigenvalue weighted by Crippen LogP contribution is 2.59. The average molecular weight is 2030 g/mol. The van der Waals surface area contributed by atoms with Gasteiger partial charge in [0.05, 0.1) is 3.39 Å². The fourth-order valence-corrected chi connectivity index (χ4v) is 27.6. The van der Waals surface area contributed by atoms with E-state index in [4.69, 9.17) is 46.4 Å². The van der Waals surface area contributed by atoms with Gasteiger partial charge in [0.2, 0.25) is 0 Å². The molecule has 12 aliphatic carbocycles. The molecule has 8 aromatic carbocycles. The Morgan fingerprint density at radius 2 is 0.456 bits per heavy atom. The van der Waals surface area contributed by atoms with E-state index in [-0.39, 0.29) is 0 Å². The summed E-state index contributed by atoms with van der Waals surface area (Å²) in [5.41, 5.74) is 37.6. The first-order chi connectivity index (χ1) is 66.0. The normalized spacial score (nSPS) is 23.1. The maximum Gasteiger partial charge on any atom is 0.112 e. The quantitative estimate of drug-likeness (QED) is 0.0418. The van der Waals surface area contributed by atoms with Crippen molar-refractivity contribution in [2.75, 3.05) is 0 Å². The molecule has 724 valence electrons. The molecule has 8 fully saturated rings. The highest BCUT2D eigenvalue weighted by molar-refractivity contribution is 9.28. The number of alkyl halides is 4. The van der Waals surface area contributed by atoms with Crippen LogP contribution in [-0.4, -0.2) is 8.67 Å². The Morgan fingerprint density at radius 3 is 0.691 bits per heavy atom. The van der Waals surface area contributed by atoms with E-state index in [1.54, 1.807) is 95.8 Å². The summed E-state index contributed by atoms with van der Waals surface area (Å²) in [7, 11) is 0. The third kappa shape index (κ3) is 29.4. The third-order valence-electron chi connectivity index (χ3n) is 32.2. The minimum absolute atomic E-state index is 0.556. The van der Waals surface area contributed by atoms with Crippen molar-refractivity contribution >= 4 is 114 Å². The summed E-state index contributed by atoms with van der Waals surface area (Å²) in [5, 5.41) is 0. The largest absolute Gasteiger partial charge is 0.112 e. The van der Waals surface area contributed by atoms with Gasteiger partial charge >= 0.3 is 0 Å². The van der Waals surface area contributed by atoms with Crippen LogP contribution in [0.1, 0.15) is 367 Å². The summed E-state index contributed by atoms with van der Waals surface area (Å²) >= 11 is 28.1. The SMILES string of the molecule is C1=C(C(C2=Cc3ccccc3C2)=C(c2ccccc2)c2ccccc2)Cc2ccccc21.CC(C)(Cl)Cl.CC(C)(Cl)Cl.CCCC(CCC)=C(Br)Br.CCCC(CCC)=C(C1=Cc2ccccc2C1)C1=Cc2ccccc2C1.CCCC(CCC)=C(C1CC2CCCCC2C1)C1CC2CCCCC2C1.c1ccc(C(=C(C2CC3CCCCC3C2)C2CC3CCCCC3C2)c2ccccc2)cc1. The maximum atomic E-state index is 5.30. The summed E-state index contributed by atoms with van der Waals surface area (Å²) in [6.07, 6.45) is 65.5. The van der Waals surface area contributed by atoms with Gasteiger partial charge in [0.1, 0.15) is 8.67 Å². The van der Waals surface area contributed by atoms with Crippen LogP contribution in [0.15, 0.2) is 283 Å².